The van der Waals surface area contributed by atoms with Gasteiger partial charge < -0.3 is 10.2 Å². The zero-order valence-electron chi connectivity index (χ0n) is 14.4. The Labute approximate surface area is 142 Å². The Kier molecular flexibility index (Phi) is 3.88. The molecule has 24 heavy (non-hydrogen) atoms. The van der Waals surface area contributed by atoms with E-state index in [1.165, 1.54) is 11.3 Å². The Hall–Kier alpha value is -2.14. The molecule has 1 amide bonds. The van der Waals surface area contributed by atoms with Gasteiger partial charge in [0.05, 0.1) is 5.69 Å². The number of aryl methyl sites for hydroxylation is 1. The molecule has 1 aliphatic carbocycles. The van der Waals surface area contributed by atoms with Gasteiger partial charge in [-0.25, -0.2) is 4.68 Å². The van der Waals surface area contributed by atoms with Crippen molar-refractivity contribution in [2.24, 2.45) is 0 Å². The van der Waals surface area contributed by atoms with Crippen molar-refractivity contribution in [2.75, 3.05) is 20.1 Å². The quantitative estimate of drug-likeness (QED) is 0.941. The third-order valence-electron chi connectivity index (χ3n) is 5.36. The Balaban J connectivity index is 1.72. The van der Waals surface area contributed by atoms with Crippen molar-refractivity contribution in [3.8, 4) is 5.69 Å². The summed E-state index contributed by atoms with van der Waals surface area (Å²) < 4.78 is 2.01. The van der Waals surface area contributed by atoms with E-state index in [1.54, 1.807) is 0 Å². The minimum Gasteiger partial charge on any atom is -0.336 e. The maximum Gasteiger partial charge on any atom is 0.274 e. The molecule has 1 atom stereocenters. The third-order valence-corrected chi connectivity index (χ3v) is 5.36. The highest BCUT2D eigenvalue weighted by Crippen LogP contribution is 2.30. The number of fused-ring (bicyclic) bond motifs is 1. The van der Waals surface area contributed by atoms with Crippen LogP contribution in [0.4, 0.5) is 0 Å². The first-order chi connectivity index (χ1) is 11.7. The van der Waals surface area contributed by atoms with Gasteiger partial charge in [0.25, 0.3) is 5.91 Å². The van der Waals surface area contributed by atoms with Gasteiger partial charge >= 0.3 is 0 Å². The standard InChI is InChI=1S/C19H24N4O/c1-13-6-3-4-8-16(13)23-17-9-5-7-15(17)18(21-23)19(24)22-11-10-14(12-22)20-2/h3-4,6,8,14,20H,5,7,9-12H2,1-2H3. The topological polar surface area (TPSA) is 50.2 Å². The van der Waals surface area contributed by atoms with Crippen molar-refractivity contribution in [1.29, 1.82) is 0 Å². The second-order valence-corrected chi connectivity index (χ2v) is 6.85. The van der Waals surface area contributed by atoms with Crippen molar-refractivity contribution in [3.05, 3.63) is 46.8 Å². The van der Waals surface area contributed by atoms with Crippen LogP contribution in [0.5, 0.6) is 0 Å². The molecule has 0 saturated carbocycles. The van der Waals surface area contributed by atoms with Gasteiger partial charge in [0.15, 0.2) is 5.69 Å². The van der Waals surface area contributed by atoms with E-state index in [4.69, 9.17) is 5.10 Å². The highest BCUT2D eigenvalue weighted by Gasteiger charge is 2.32. The van der Waals surface area contributed by atoms with Crippen LogP contribution in [-0.2, 0) is 12.8 Å². The summed E-state index contributed by atoms with van der Waals surface area (Å²) in [6, 6.07) is 8.65. The minimum atomic E-state index is 0.0956. The Morgan fingerprint density at radius 1 is 1.29 bits per heavy atom. The molecule has 4 rings (SSSR count). The number of rotatable bonds is 3. The SMILES string of the molecule is CNC1CCN(C(=O)c2nn(-c3ccccc3C)c3c2CCC3)C1. The molecule has 0 spiro atoms. The van der Waals surface area contributed by atoms with Crippen LogP contribution in [-0.4, -0.2) is 46.8 Å². The summed E-state index contributed by atoms with van der Waals surface area (Å²) in [5.41, 5.74) is 5.32. The lowest BCUT2D eigenvalue weighted by atomic mass is 10.1. The van der Waals surface area contributed by atoms with Crippen molar-refractivity contribution < 1.29 is 4.79 Å². The smallest absolute Gasteiger partial charge is 0.274 e. The largest absolute Gasteiger partial charge is 0.336 e. The predicted octanol–water partition coefficient (Wildman–Crippen LogP) is 2.10. The summed E-state index contributed by atoms with van der Waals surface area (Å²) in [6.45, 7) is 3.69. The second-order valence-electron chi connectivity index (χ2n) is 6.85. The van der Waals surface area contributed by atoms with Gasteiger partial charge in [0.2, 0.25) is 0 Å². The van der Waals surface area contributed by atoms with Crippen molar-refractivity contribution in [1.82, 2.24) is 20.0 Å². The summed E-state index contributed by atoms with van der Waals surface area (Å²) in [5, 5.41) is 8.03. The van der Waals surface area contributed by atoms with Crippen LogP contribution in [0.1, 0.15) is 40.2 Å². The van der Waals surface area contributed by atoms with E-state index in [2.05, 4.69) is 24.4 Å². The van der Waals surface area contributed by atoms with Gasteiger partial charge in [-0.15, -0.1) is 0 Å². The van der Waals surface area contributed by atoms with E-state index in [-0.39, 0.29) is 5.91 Å². The van der Waals surface area contributed by atoms with Gasteiger partial charge in [-0.3, -0.25) is 4.79 Å². The van der Waals surface area contributed by atoms with Crippen LogP contribution in [0.25, 0.3) is 5.69 Å². The van der Waals surface area contributed by atoms with E-state index in [0.717, 1.165) is 50.0 Å². The van der Waals surface area contributed by atoms with Gasteiger partial charge in [-0.05, 0) is 51.3 Å². The molecule has 0 bridgehead atoms. The highest BCUT2D eigenvalue weighted by molar-refractivity contribution is 5.94. The molecule has 1 aromatic carbocycles. The number of carbonyl (C=O) groups is 1. The third kappa shape index (κ3) is 2.44. The van der Waals surface area contributed by atoms with Gasteiger partial charge in [-0.1, -0.05) is 18.2 Å². The number of amides is 1. The van der Waals surface area contributed by atoms with Crippen molar-refractivity contribution in [2.45, 2.75) is 38.6 Å². The highest BCUT2D eigenvalue weighted by atomic mass is 16.2. The van der Waals surface area contributed by atoms with Gasteiger partial charge in [0.1, 0.15) is 0 Å². The van der Waals surface area contributed by atoms with E-state index in [0.29, 0.717) is 11.7 Å². The molecule has 1 unspecified atom stereocenters. The molecule has 5 nitrogen and oxygen atoms in total. The molecular weight excluding hydrogens is 300 g/mol. The number of likely N-dealkylation sites (tertiary alicyclic amines) is 1. The maximum absolute atomic E-state index is 13.0. The Morgan fingerprint density at radius 3 is 2.88 bits per heavy atom. The summed E-state index contributed by atoms with van der Waals surface area (Å²) in [4.78, 5) is 15.0. The monoisotopic (exact) mass is 324 g/mol. The van der Waals surface area contributed by atoms with Crippen molar-refractivity contribution >= 4 is 5.91 Å². The van der Waals surface area contributed by atoms with Crippen LogP contribution >= 0.6 is 0 Å². The van der Waals surface area contributed by atoms with Crippen LogP contribution < -0.4 is 5.32 Å². The first-order valence-electron chi connectivity index (χ1n) is 8.82. The number of para-hydroxylation sites is 1. The van der Waals surface area contributed by atoms with E-state index >= 15 is 0 Å². The fourth-order valence-electron chi connectivity index (χ4n) is 3.94. The first kappa shape index (κ1) is 15.4. The Morgan fingerprint density at radius 2 is 2.12 bits per heavy atom. The summed E-state index contributed by atoms with van der Waals surface area (Å²) in [5.74, 6) is 0.0956. The molecule has 1 N–H and O–H groups in total. The molecule has 126 valence electrons. The average Bonchev–Trinajstić information content (AvgIpc) is 3.31. The van der Waals surface area contributed by atoms with Crippen LogP contribution in [0.2, 0.25) is 0 Å². The maximum atomic E-state index is 13.0. The Bertz CT molecular complexity index is 780. The number of aromatic nitrogens is 2. The van der Waals surface area contributed by atoms with Crippen LogP contribution in [0, 0.1) is 6.92 Å². The molecule has 1 aromatic heterocycles. The fourth-order valence-corrected chi connectivity index (χ4v) is 3.94. The molecule has 2 aliphatic rings. The number of hydrogen-bond acceptors (Lipinski definition) is 3. The molecule has 0 radical (unpaired) electrons. The number of carbonyl (C=O) groups excluding carboxylic acids is 1. The number of likely N-dealkylation sites (N-methyl/N-ethyl adjacent to an activating group) is 1. The number of nitrogens with one attached hydrogen (secondary N) is 1. The summed E-state index contributed by atoms with van der Waals surface area (Å²) in [7, 11) is 1.96. The molecule has 2 heterocycles. The summed E-state index contributed by atoms with van der Waals surface area (Å²) >= 11 is 0. The van der Waals surface area contributed by atoms with E-state index in [1.807, 2.05) is 28.8 Å². The number of hydrogen-bond donors (Lipinski definition) is 1. The fraction of sp³-hybridized carbons (Fsp3) is 0.474. The molecule has 1 fully saturated rings. The lowest BCUT2D eigenvalue weighted by Crippen LogP contribution is -2.34. The normalized spacial score (nSPS) is 19.8. The molecular formula is C19H24N4O. The van der Waals surface area contributed by atoms with Crippen LogP contribution in [0.15, 0.2) is 24.3 Å². The van der Waals surface area contributed by atoms with Gasteiger partial charge in [0, 0.05) is 30.4 Å². The zero-order valence-corrected chi connectivity index (χ0v) is 14.4. The molecule has 5 heteroatoms. The summed E-state index contributed by atoms with van der Waals surface area (Å²) in [6.07, 6.45) is 4.09. The van der Waals surface area contributed by atoms with E-state index < -0.39 is 0 Å². The zero-order chi connectivity index (χ0) is 16.7. The molecule has 1 saturated heterocycles. The molecule has 2 aromatic rings. The second kappa shape index (κ2) is 6.06. The average molecular weight is 324 g/mol. The minimum absolute atomic E-state index is 0.0956. The number of benzene rings is 1. The lowest BCUT2D eigenvalue weighted by Gasteiger charge is -2.15. The number of nitrogens with zero attached hydrogens (tertiary/aromatic N) is 3. The first-order valence-corrected chi connectivity index (χ1v) is 8.82. The van der Waals surface area contributed by atoms with E-state index in [9.17, 15) is 4.79 Å². The van der Waals surface area contributed by atoms with Crippen LogP contribution in [0.3, 0.4) is 0 Å². The van der Waals surface area contributed by atoms with Crippen molar-refractivity contribution in [3.63, 3.8) is 0 Å². The predicted molar refractivity (Wildman–Crippen MR) is 93.7 cm³/mol. The van der Waals surface area contributed by atoms with Gasteiger partial charge in [-0.2, -0.15) is 5.10 Å². The molecule has 1 aliphatic heterocycles. The lowest BCUT2D eigenvalue weighted by molar-refractivity contribution is 0.0782.